The second-order valence-corrected chi connectivity index (χ2v) is 6.20. The van der Waals surface area contributed by atoms with E-state index >= 15 is 0 Å². The summed E-state index contributed by atoms with van der Waals surface area (Å²) in [4.78, 5) is 2.38. The minimum atomic E-state index is 0.0775. The first-order valence-electron chi connectivity index (χ1n) is 6.96. The summed E-state index contributed by atoms with van der Waals surface area (Å²) >= 11 is 12.4. The fraction of sp³-hybridized carbons (Fsp3) is 0.600. The van der Waals surface area contributed by atoms with Gasteiger partial charge in [-0.1, -0.05) is 30.1 Å². The Morgan fingerprint density at radius 2 is 1.95 bits per heavy atom. The van der Waals surface area contributed by atoms with E-state index in [4.69, 9.17) is 27.9 Å². The Kier molecular flexibility index (Phi) is 5.56. The maximum atomic E-state index is 9.60. The number of halogens is 2. The molecule has 1 aromatic rings. The summed E-state index contributed by atoms with van der Waals surface area (Å²) in [5.41, 5.74) is 0.966. The molecule has 112 valence electrons. The van der Waals surface area contributed by atoms with Gasteiger partial charge in [-0.25, -0.2) is 0 Å². The van der Waals surface area contributed by atoms with Crippen LogP contribution in [0.1, 0.15) is 31.4 Å². The third kappa shape index (κ3) is 3.22. The van der Waals surface area contributed by atoms with Gasteiger partial charge in [0.25, 0.3) is 0 Å². The monoisotopic (exact) mass is 317 g/mol. The second kappa shape index (κ2) is 6.99. The van der Waals surface area contributed by atoms with Crippen LogP contribution in [0.2, 0.25) is 10.0 Å². The topological polar surface area (TPSA) is 32.7 Å². The molecular formula is C15H21Cl2NO2. The summed E-state index contributed by atoms with van der Waals surface area (Å²) < 4.78 is 5.47. The van der Waals surface area contributed by atoms with E-state index in [1.54, 1.807) is 13.2 Å². The van der Waals surface area contributed by atoms with Gasteiger partial charge < -0.3 is 9.84 Å². The van der Waals surface area contributed by atoms with Crippen molar-refractivity contribution in [3.63, 3.8) is 0 Å². The quantitative estimate of drug-likeness (QED) is 0.897. The maximum absolute atomic E-state index is 9.60. The highest BCUT2D eigenvalue weighted by Gasteiger charge is 2.31. The van der Waals surface area contributed by atoms with Crippen molar-refractivity contribution < 1.29 is 9.84 Å². The lowest BCUT2D eigenvalue weighted by molar-refractivity contribution is 0.124. The van der Waals surface area contributed by atoms with Crippen LogP contribution >= 0.6 is 23.2 Å². The molecule has 1 aliphatic rings. The van der Waals surface area contributed by atoms with Gasteiger partial charge in [-0.2, -0.15) is 0 Å². The Hall–Kier alpha value is -0.480. The van der Waals surface area contributed by atoms with Gasteiger partial charge in [0.05, 0.1) is 12.1 Å². The van der Waals surface area contributed by atoms with Crippen LogP contribution in [0.3, 0.4) is 0 Å². The molecule has 0 amide bonds. The SMILES string of the molecule is COc1c(Cl)cc(Cl)cc1C(C(C)CO)N1CCCC1. The van der Waals surface area contributed by atoms with Crippen LogP contribution in [0.4, 0.5) is 0 Å². The Balaban J connectivity index is 2.47. The van der Waals surface area contributed by atoms with Crippen LogP contribution in [0.15, 0.2) is 12.1 Å². The van der Waals surface area contributed by atoms with Crippen LogP contribution in [-0.2, 0) is 0 Å². The molecule has 0 aliphatic carbocycles. The molecule has 0 saturated carbocycles. The third-order valence-electron chi connectivity index (χ3n) is 3.92. The normalized spacial score (nSPS) is 19.1. The van der Waals surface area contributed by atoms with Gasteiger partial charge in [-0.15, -0.1) is 0 Å². The molecule has 0 aromatic heterocycles. The van der Waals surface area contributed by atoms with Crippen molar-refractivity contribution in [2.75, 3.05) is 26.8 Å². The van der Waals surface area contributed by atoms with Crippen LogP contribution in [-0.4, -0.2) is 36.8 Å². The fourth-order valence-electron chi connectivity index (χ4n) is 3.00. The molecule has 1 aliphatic heterocycles. The zero-order valence-corrected chi connectivity index (χ0v) is 13.4. The van der Waals surface area contributed by atoms with Gasteiger partial charge in [0.1, 0.15) is 5.75 Å². The largest absolute Gasteiger partial charge is 0.495 e. The lowest BCUT2D eigenvalue weighted by atomic mass is 9.93. The minimum absolute atomic E-state index is 0.0775. The van der Waals surface area contributed by atoms with Crippen LogP contribution in [0.25, 0.3) is 0 Å². The number of aliphatic hydroxyl groups is 1. The maximum Gasteiger partial charge on any atom is 0.142 e. The van der Waals surface area contributed by atoms with Crippen molar-refractivity contribution >= 4 is 23.2 Å². The summed E-state index contributed by atoms with van der Waals surface area (Å²) in [6, 6.07) is 3.67. The van der Waals surface area contributed by atoms with Gasteiger partial charge in [0.15, 0.2) is 0 Å². The van der Waals surface area contributed by atoms with Crippen molar-refractivity contribution in [1.29, 1.82) is 0 Å². The Bertz CT molecular complexity index is 461. The standard InChI is InChI=1S/C15H21Cl2NO2/c1-10(9-19)14(18-5-3-4-6-18)12-7-11(16)8-13(17)15(12)20-2/h7-8,10,14,19H,3-6,9H2,1-2H3. The van der Waals surface area contributed by atoms with Gasteiger partial charge in [0, 0.05) is 23.2 Å². The predicted octanol–water partition coefficient (Wildman–Crippen LogP) is 3.77. The number of hydrogen-bond acceptors (Lipinski definition) is 3. The first-order valence-corrected chi connectivity index (χ1v) is 7.72. The van der Waals surface area contributed by atoms with E-state index in [-0.39, 0.29) is 18.6 Å². The van der Waals surface area contributed by atoms with E-state index < -0.39 is 0 Å². The number of ether oxygens (including phenoxy) is 1. The van der Waals surface area contributed by atoms with E-state index in [9.17, 15) is 5.11 Å². The van der Waals surface area contributed by atoms with Crippen molar-refractivity contribution in [3.05, 3.63) is 27.7 Å². The molecule has 0 radical (unpaired) electrons. The highest BCUT2D eigenvalue weighted by molar-refractivity contribution is 6.35. The molecule has 5 heteroatoms. The van der Waals surface area contributed by atoms with Crippen LogP contribution in [0.5, 0.6) is 5.75 Å². The summed E-state index contributed by atoms with van der Waals surface area (Å²) in [7, 11) is 1.61. The minimum Gasteiger partial charge on any atom is -0.495 e. The molecule has 1 aromatic carbocycles. The van der Waals surface area contributed by atoms with Crippen molar-refractivity contribution in [3.8, 4) is 5.75 Å². The second-order valence-electron chi connectivity index (χ2n) is 5.36. The molecule has 20 heavy (non-hydrogen) atoms. The Morgan fingerprint density at radius 1 is 1.30 bits per heavy atom. The number of nitrogens with zero attached hydrogens (tertiary/aromatic N) is 1. The number of benzene rings is 1. The number of methoxy groups -OCH3 is 1. The van der Waals surface area contributed by atoms with Gasteiger partial charge in [-0.3, -0.25) is 4.90 Å². The van der Waals surface area contributed by atoms with Gasteiger partial charge >= 0.3 is 0 Å². The zero-order valence-electron chi connectivity index (χ0n) is 11.9. The number of likely N-dealkylation sites (tertiary alicyclic amines) is 1. The summed E-state index contributed by atoms with van der Waals surface area (Å²) in [6.07, 6.45) is 2.37. The highest BCUT2D eigenvalue weighted by atomic mass is 35.5. The highest BCUT2D eigenvalue weighted by Crippen LogP contribution is 2.41. The first kappa shape index (κ1) is 15.9. The average Bonchev–Trinajstić information content (AvgIpc) is 2.92. The van der Waals surface area contributed by atoms with E-state index in [1.165, 1.54) is 12.8 Å². The van der Waals surface area contributed by atoms with Crippen molar-refractivity contribution in [1.82, 2.24) is 4.90 Å². The molecule has 1 heterocycles. The molecule has 2 atom stereocenters. The number of aliphatic hydroxyl groups excluding tert-OH is 1. The van der Waals surface area contributed by atoms with Gasteiger partial charge in [0.2, 0.25) is 0 Å². The van der Waals surface area contributed by atoms with E-state index in [0.717, 1.165) is 18.7 Å². The molecule has 3 nitrogen and oxygen atoms in total. The molecule has 0 bridgehead atoms. The van der Waals surface area contributed by atoms with E-state index in [1.807, 2.05) is 13.0 Å². The zero-order chi connectivity index (χ0) is 14.7. The molecule has 1 saturated heterocycles. The molecule has 0 spiro atoms. The summed E-state index contributed by atoms with van der Waals surface area (Å²) in [5.74, 6) is 0.754. The smallest absolute Gasteiger partial charge is 0.142 e. The molecular weight excluding hydrogens is 297 g/mol. The van der Waals surface area contributed by atoms with Crippen LogP contribution in [0, 0.1) is 5.92 Å². The van der Waals surface area contributed by atoms with Crippen molar-refractivity contribution in [2.24, 2.45) is 5.92 Å². The van der Waals surface area contributed by atoms with Crippen molar-refractivity contribution in [2.45, 2.75) is 25.8 Å². The molecule has 2 unspecified atom stereocenters. The first-order chi connectivity index (χ1) is 9.58. The average molecular weight is 318 g/mol. The summed E-state index contributed by atoms with van der Waals surface area (Å²) in [6.45, 7) is 4.22. The third-order valence-corrected chi connectivity index (χ3v) is 4.42. The fourth-order valence-corrected chi connectivity index (χ4v) is 3.58. The molecule has 1 fully saturated rings. The number of rotatable bonds is 5. The van der Waals surface area contributed by atoms with E-state index in [2.05, 4.69) is 4.90 Å². The Labute approximate surface area is 130 Å². The lowest BCUT2D eigenvalue weighted by Gasteiger charge is -2.33. The number of hydrogen-bond donors (Lipinski definition) is 1. The lowest BCUT2D eigenvalue weighted by Crippen LogP contribution is -2.32. The summed E-state index contributed by atoms with van der Waals surface area (Å²) in [5, 5.41) is 10.7. The van der Waals surface area contributed by atoms with Gasteiger partial charge in [-0.05, 0) is 44.0 Å². The molecule has 1 N–H and O–H groups in total. The predicted molar refractivity (Wildman–Crippen MR) is 82.8 cm³/mol. The van der Waals surface area contributed by atoms with E-state index in [0.29, 0.717) is 15.8 Å². The van der Waals surface area contributed by atoms with Crippen LogP contribution < -0.4 is 4.74 Å². The molecule has 2 rings (SSSR count). The Morgan fingerprint density at radius 3 is 2.50 bits per heavy atom.